The minimum absolute atomic E-state index is 0.0149. The molecule has 0 saturated heterocycles. The predicted octanol–water partition coefficient (Wildman–Crippen LogP) is 0.140. The molecule has 19 heavy (non-hydrogen) atoms. The molecule has 0 aromatic heterocycles. The summed E-state index contributed by atoms with van der Waals surface area (Å²) in [6, 6.07) is 8.70. The monoisotopic (exact) mass is 267 g/mol. The van der Waals surface area contributed by atoms with Crippen LogP contribution in [-0.2, 0) is 20.7 Å². The molecule has 2 atom stereocenters. The Bertz CT molecular complexity index is 444. The number of hydrogen-bond donors (Lipinski definition) is 3. The first-order chi connectivity index (χ1) is 8.89. The van der Waals surface area contributed by atoms with E-state index in [1.54, 1.807) is 37.3 Å². The van der Waals surface area contributed by atoms with Crippen molar-refractivity contribution in [2.24, 2.45) is 11.7 Å². The van der Waals surface area contributed by atoms with Crippen LogP contribution in [0.1, 0.15) is 12.5 Å². The molecule has 1 rings (SSSR count). The summed E-state index contributed by atoms with van der Waals surface area (Å²) in [5.74, 6) is -3.87. The van der Waals surface area contributed by atoms with Crippen LogP contribution in [0.2, 0.25) is 0 Å². The first-order valence-corrected chi connectivity index (χ1v) is 5.84. The number of carboxylic acid groups (broad SMARTS) is 1. The summed E-state index contributed by atoms with van der Waals surface area (Å²) < 4.78 is 4.77. The summed E-state index contributed by atoms with van der Waals surface area (Å²) in [7, 11) is 0. The minimum atomic E-state index is -2.66. The fourth-order valence-corrected chi connectivity index (χ4v) is 1.66. The molecule has 0 unspecified atom stereocenters. The number of carbonyl (C=O) groups excluding carboxylic acids is 1. The molecule has 6 heteroatoms. The van der Waals surface area contributed by atoms with Crippen LogP contribution in [0.15, 0.2) is 30.3 Å². The number of aliphatic carboxylic acids is 1. The Kier molecular flexibility index (Phi) is 5.02. The van der Waals surface area contributed by atoms with Crippen molar-refractivity contribution in [3.8, 4) is 0 Å². The van der Waals surface area contributed by atoms with Gasteiger partial charge in [0, 0.05) is 0 Å². The molecule has 0 fully saturated rings. The van der Waals surface area contributed by atoms with Gasteiger partial charge in [-0.2, -0.15) is 0 Å². The van der Waals surface area contributed by atoms with Crippen molar-refractivity contribution in [2.75, 3.05) is 6.61 Å². The predicted molar refractivity (Wildman–Crippen MR) is 67.0 cm³/mol. The standard InChI is InChI=1S/C13H17NO5/c1-2-19-11(15)10(13(14,18)12(16)17)8-9-6-4-3-5-7-9/h3-7,10,18H,2,8,14H2,1H3,(H,16,17)/t10-,13+/m1/s1. The van der Waals surface area contributed by atoms with E-state index in [1.165, 1.54) is 0 Å². The zero-order valence-corrected chi connectivity index (χ0v) is 10.6. The van der Waals surface area contributed by atoms with Gasteiger partial charge < -0.3 is 14.9 Å². The van der Waals surface area contributed by atoms with Gasteiger partial charge in [0.25, 0.3) is 0 Å². The first kappa shape index (κ1) is 15.1. The SMILES string of the molecule is CCOC(=O)[C@@H](Cc1ccccc1)[C@](N)(O)C(=O)O. The lowest BCUT2D eigenvalue weighted by molar-refractivity contribution is -0.176. The van der Waals surface area contributed by atoms with Gasteiger partial charge in [-0.1, -0.05) is 30.3 Å². The molecule has 0 radical (unpaired) electrons. The van der Waals surface area contributed by atoms with Gasteiger partial charge in [0.15, 0.2) is 0 Å². The highest BCUT2D eigenvalue weighted by atomic mass is 16.5. The van der Waals surface area contributed by atoms with Gasteiger partial charge in [-0.25, -0.2) is 4.79 Å². The van der Waals surface area contributed by atoms with E-state index in [-0.39, 0.29) is 13.0 Å². The number of rotatable bonds is 6. The second-order valence-electron chi connectivity index (χ2n) is 4.12. The molecule has 0 spiro atoms. The lowest BCUT2D eigenvalue weighted by atomic mass is 9.89. The Balaban J connectivity index is 2.99. The zero-order valence-electron chi connectivity index (χ0n) is 10.6. The zero-order chi connectivity index (χ0) is 14.5. The summed E-state index contributed by atoms with van der Waals surface area (Å²) >= 11 is 0. The van der Waals surface area contributed by atoms with Crippen LogP contribution in [0.3, 0.4) is 0 Å². The summed E-state index contributed by atoms with van der Waals surface area (Å²) in [5, 5.41) is 18.7. The van der Waals surface area contributed by atoms with Crippen LogP contribution < -0.4 is 5.73 Å². The third-order valence-corrected chi connectivity index (χ3v) is 2.73. The van der Waals surface area contributed by atoms with Crippen molar-refractivity contribution in [1.29, 1.82) is 0 Å². The molecule has 4 N–H and O–H groups in total. The van der Waals surface area contributed by atoms with Gasteiger partial charge in [-0.3, -0.25) is 10.5 Å². The van der Waals surface area contributed by atoms with E-state index in [4.69, 9.17) is 15.6 Å². The maximum absolute atomic E-state index is 11.8. The van der Waals surface area contributed by atoms with Crippen LogP contribution in [0.25, 0.3) is 0 Å². The van der Waals surface area contributed by atoms with Gasteiger partial charge in [0.05, 0.1) is 6.61 Å². The number of carbonyl (C=O) groups is 2. The molecule has 0 aliphatic carbocycles. The largest absolute Gasteiger partial charge is 0.478 e. The molecule has 6 nitrogen and oxygen atoms in total. The Labute approximate surface area is 110 Å². The molecule has 104 valence electrons. The fraction of sp³-hybridized carbons (Fsp3) is 0.385. The summed E-state index contributed by atoms with van der Waals surface area (Å²) in [6.07, 6.45) is -0.0149. The molecule has 0 amide bonds. The van der Waals surface area contributed by atoms with Crippen molar-refractivity contribution < 1.29 is 24.5 Å². The normalized spacial score (nSPS) is 15.3. The van der Waals surface area contributed by atoms with E-state index >= 15 is 0 Å². The number of hydrogen-bond acceptors (Lipinski definition) is 5. The first-order valence-electron chi connectivity index (χ1n) is 5.84. The van der Waals surface area contributed by atoms with Crippen molar-refractivity contribution in [2.45, 2.75) is 19.1 Å². The molecular formula is C13H17NO5. The molecule has 0 heterocycles. The number of nitrogens with two attached hydrogens (primary N) is 1. The number of ether oxygens (including phenoxy) is 1. The van der Waals surface area contributed by atoms with E-state index in [0.29, 0.717) is 5.56 Å². The van der Waals surface area contributed by atoms with Crippen LogP contribution in [-0.4, -0.2) is 34.5 Å². The van der Waals surface area contributed by atoms with Gasteiger partial charge in [0.1, 0.15) is 5.92 Å². The van der Waals surface area contributed by atoms with Crippen molar-refractivity contribution in [3.63, 3.8) is 0 Å². The smallest absolute Gasteiger partial charge is 0.351 e. The quantitative estimate of drug-likeness (QED) is 0.499. The highest BCUT2D eigenvalue weighted by Crippen LogP contribution is 2.20. The molecular weight excluding hydrogens is 250 g/mol. The van der Waals surface area contributed by atoms with E-state index in [0.717, 1.165) is 0 Å². The topological polar surface area (TPSA) is 110 Å². The number of aliphatic hydroxyl groups is 1. The molecule has 0 aliphatic rings. The summed E-state index contributed by atoms with van der Waals surface area (Å²) in [5.41, 5.74) is 3.36. The number of esters is 1. The Hall–Kier alpha value is -1.92. The van der Waals surface area contributed by atoms with E-state index < -0.39 is 23.6 Å². The molecule has 0 saturated carbocycles. The maximum Gasteiger partial charge on any atom is 0.351 e. The molecule has 1 aromatic carbocycles. The molecule has 0 aliphatic heterocycles. The number of carboxylic acids is 1. The highest BCUT2D eigenvalue weighted by molar-refractivity contribution is 5.85. The Morgan fingerprint density at radius 1 is 1.37 bits per heavy atom. The van der Waals surface area contributed by atoms with Crippen molar-refractivity contribution in [3.05, 3.63) is 35.9 Å². The summed E-state index contributed by atoms with van der Waals surface area (Å²) in [4.78, 5) is 22.8. The van der Waals surface area contributed by atoms with E-state index in [2.05, 4.69) is 0 Å². The highest BCUT2D eigenvalue weighted by Gasteiger charge is 2.45. The van der Waals surface area contributed by atoms with Crippen LogP contribution in [0.4, 0.5) is 0 Å². The van der Waals surface area contributed by atoms with Crippen LogP contribution >= 0.6 is 0 Å². The second-order valence-corrected chi connectivity index (χ2v) is 4.12. The minimum Gasteiger partial charge on any atom is -0.478 e. The lowest BCUT2D eigenvalue weighted by Gasteiger charge is -2.26. The van der Waals surface area contributed by atoms with Gasteiger partial charge in [0.2, 0.25) is 5.72 Å². The average molecular weight is 267 g/mol. The van der Waals surface area contributed by atoms with Crippen LogP contribution in [0, 0.1) is 5.92 Å². The van der Waals surface area contributed by atoms with E-state index in [1.807, 2.05) is 0 Å². The number of benzene rings is 1. The van der Waals surface area contributed by atoms with Gasteiger partial charge in [-0.05, 0) is 18.9 Å². The second kappa shape index (κ2) is 6.31. The van der Waals surface area contributed by atoms with Gasteiger partial charge >= 0.3 is 11.9 Å². The van der Waals surface area contributed by atoms with Crippen LogP contribution in [0.5, 0.6) is 0 Å². The average Bonchev–Trinajstić information content (AvgIpc) is 2.37. The maximum atomic E-state index is 11.8. The van der Waals surface area contributed by atoms with E-state index in [9.17, 15) is 14.7 Å². The molecule has 1 aromatic rings. The van der Waals surface area contributed by atoms with Gasteiger partial charge in [-0.15, -0.1) is 0 Å². The third-order valence-electron chi connectivity index (χ3n) is 2.73. The lowest BCUT2D eigenvalue weighted by Crippen LogP contribution is -2.57. The van der Waals surface area contributed by atoms with Crippen molar-refractivity contribution in [1.82, 2.24) is 0 Å². The fourth-order valence-electron chi connectivity index (χ4n) is 1.66. The third kappa shape index (κ3) is 3.77. The molecule has 0 bridgehead atoms. The summed E-state index contributed by atoms with van der Waals surface area (Å²) in [6.45, 7) is 1.67. The Morgan fingerprint density at radius 2 is 1.95 bits per heavy atom. The Morgan fingerprint density at radius 3 is 2.42 bits per heavy atom. The van der Waals surface area contributed by atoms with Crippen molar-refractivity contribution >= 4 is 11.9 Å².